The molecular weight excluding hydrogens is 304 g/mol. The molecule has 0 aliphatic heterocycles. The molecule has 0 fully saturated rings. The van der Waals surface area contributed by atoms with Crippen LogP contribution in [0.5, 0.6) is 0 Å². The zero-order chi connectivity index (χ0) is 17.3. The molecule has 1 N–H and O–H groups in total. The van der Waals surface area contributed by atoms with E-state index >= 15 is 0 Å². The van der Waals surface area contributed by atoms with Crippen LogP contribution < -0.4 is 0 Å². The Bertz CT molecular complexity index is 266. The number of carboxylic acids is 1. The quantitative estimate of drug-likeness (QED) is 0.223. The van der Waals surface area contributed by atoms with Gasteiger partial charge in [0.05, 0.1) is 5.92 Å². The molecule has 0 aliphatic carbocycles. The molecule has 0 spiro atoms. The minimum atomic E-state index is -0.692. The Labute approximate surface area is 150 Å². The summed E-state index contributed by atoms with van der Waals surface area (Å²) in [5, 5.41) is 9.05. The predicted octanol–water partition coefficient (Wildman–Crippen LogP) is 6.88. The molecule has 0 aromatic heterocycles. The number of unbranched alkanes of at least 4 members (excludes halogenated alkanes) is 13. The minimum absolute atomic E-state index is 0.0468. The largest absolute Gasteiger partial charge is 0.481 e. The van der Waals surface area contributed by atoms with E-state index in [1.54, 1.807) is 0 Å². The van der Waals surface area contributed by atoms with Crippen molar-refractivity contribution in [1.82, 2.24) is 0 Å². The van der Waals surface area contributed by atoms with Gasteiger partial charge in [0.25, 0.3) is 0 Å². The third-order valence-corrected chi connectivity index (χ3v) is 5.13. The fourth-order valence-electron chi connectivity index (χ4n) is 3.13. The molecule has 0 aliphatic rings. The predicted molar refractivity (Wildman–Crippen MR) is 105 cm³/mol. The summed E-state index contributed by atoms with van der Waals surface area (Å²) in [6.45, 7) is 4.15. The molecule has 0 aromatic rings. The molecule has 3 heteroatoms. The van der Waals surface area contributed by atoms with Crippen molar-refractivity contribution in [3.05, 3.63) is 0 Å². The van der Waals surface area contributed by atoms with Crippen molar-refractivity contribution in [2.45, 2.75) is 115 Å². The molecule has 0 bridgehead atoms. The fraction of sp³-hybridized carbons (Fsp3) is 0.950. The van der Waals surface area contributed by atoms with Crippen molar-refractivity contribution in [2.24, 2.45) is 5.92 Å². The maximum absolute atomic E-state index is 11.1. The van der Waals surface area contributed by atoms with Gasteiger partial charge in [0.15, 0.2) is 0 Å². The molecule has 0 saturated heterocycles. The molecule has 0 radical (unpaired) electrons. The van der Waals surface area contributed by atoms with Crippen LogP contribution in [0.4, 0.5) is 0 Å². The Morgan fingerprint density at radius 3 is 1.43 bits per heavy atom. The highest BCUT2D eigenvalue weighted by Crippen LogP contribution is 2.19. The summed E-state index contributed by atoms with van der Waals surface area (Å²) in [6.07, 6.45) is 19.5. The number of aliphatic carboxylic acids is 1. The smallest absolute Gasteiger partial charge is 0.307 e. The maximum Gasteiger partial charge on any atom is 0.307 e. The standard InChI is InChI=1S/C20H40O2S/c1-3-4-5-6-7-8-9-10-11-12-13-14-15-16-17-19(18(2)23)20(21)22/h18-19,23H,3-17H2,1-2H3,(H,21,22). The van der Waals surface area contributed by atoms with Gasteiger partial charge >= 0.3 is 5.97 Å². The van der Waals surface area contributed by atoms with Gasteiger partial charge in [0, 0.05) is 5.25 Å². The lowest BCUT2D eigenvalue weighted by molar-refractivity contribution is -0.141. The normalized spacial score (nSPS) is 13.9. The van der Waals surface area contributed by atoms with Gasteiger partial charge in [-0.1, -0.05) is 104 Å². The van der Waals surface area contributed by atoms with E-state index in [1.165, 1.54) is 83.5 Å². The summed E-state index contributed by atoms with van der Waals surface area (Å²) in [7, 11) is 0. The van der Waals surface area contributed by atoms with E-state index in [4.69, 9.17) is 5.11 Å². The number of carboxylic acid groups (broad SMARTS) is 1. The molecular formula is C20H40O2S. The van der Waals surface area contributed by atoms with Gasteiger partial charge in [-0.3, -0.25) is 4.79 Å². The molecule has 23 heavy (non-hydrogen) atoms. The van der Waals surface area contributed by atoms with Crippen molar-refractivity contribution in [2.75, 3.05) is 0 Å². The summed E-state index contributed by atoms with van der Waals surface area (Å²) in [5.74, 6) is -0.974. The Morgan fingerprint density at radius 2 is 1.13 bits per heavy atom. The topological polar surface area (TPSA) is 37.3 Å². The van der Waals surface area contributed by atoms with Crippen LogP contribution >= 0.6 is 12.6 Å². The average molecular weight is 345 g/mol. The molecule has 0 aromatic carbocycles. The summed E-state index contributed by atoms with van der Waals surface area (Å²) in [5.41, 5.74) is 0. The number of hydrogen-bond acceptors (Lipinski definition) is 2. The van der Waals surface area contributed by atoms with Gasteiger partial charge in [0.2, 0.25) is 0 Å². The first-order valence-electron chi connectivity index (χ1n) is 10.0. The van der Waals surface area contributed by atoms with Crippen molar-refractivity contribution in [3.63, 3.8) is 0 Å². The molecule has 0 saturated carbocycles. The second kappa shape index (κ2) is 16.7. The molecule has 2 unspecified atom stereocenters. The molecule has 0 rings (SSSR count). The summed E-state index contributed by atoms with van der Waals surface area (Å²) in [4.78, 5) is 11.1. The molecule has 0 heterocycles. The van der Waals surface area contributed by atoms with E-state index in [-0.39, 0.29) is 11.2 Å². The van der Waals surface area contributed by atoms with Crippen LogP contribution in [0.1, 0.15) is 110 Å². The first-order valence-corrected chi connectivity index (χ1v) is 10.5. The molecule has 2 atom stereocenters. The zero-order valence-electron chi connectivity index (χ0n) is 15.6. The first kappa shape index (κ1) is 22.8. The molecule has 138 valence electrons. The van der Waals surface area contributed by atoms with Crippen molar-refractivity contribution < 1.29 is 9.90 Å². The van der Waals surface area contributed by atoms with E-state index in [0.29, 0.717) is 0 Å². The van der Waals surface area contributed by atoms with Gasteiger partial charge in [-0.05, 0) is 6.42 Å². The van der Waals surface area contributed by atoms with Gasteiger partial charge in [0.1, 0.15) is 0 Å². The van der Waals surface area contributed by atoms with E-state index in [1.807, 2.05) is 6.92 Å². The van der Waals surface area contributed by atoms with E-state index in [2.05, 4.69) is 19.6 Å². The van der Waals surface area contributed by atoms with Gasteiger partial charge in [-0.15, -0.1) is 0 Å². The summed E-state index contributed by atoms with van der Waals surface area (Å²) < 4.78 is 0. The van der Waals surface area contributed by atoms with Gasteiger partial charge < -0.3 is 5.11 Å². The Hall–Kier alpha value is -0.180. The maximum atomic E-state index is 11.1. The van der Waals surface area contributed by atoms with Crippen molar-refractivity contribution in [3.8, 4) is 0 Å². The SMILES string of the molecule is CCCCCCCCCCCCCCCCC(C(=O)O)C(C)S. The zero-order valence-corrected chi connectivity index (χ0v) is 16.5. The van der Waals surface area contributed by atoms with E-state index < -0.39 is 5.97 Å². The second-order valence-electron chi connectivity index (χ2n) is 7.07. The lowest BCUT2D eigenvalue weighted by Crippen LogP contribution is -2.21. The van der Waals surface area contributed by atoms with Crippen LogP contribution in [-0.2, 0) is 4.79 Å². The monoisotopic (exact) mass is 344 g/mol. The van der Waals surface area contributed by atoms with Crippen LogP contribution in [0.2, 0.25) is 0 Å². The van der Waals surface area contributed by atoms with E-state index in [0.717, 1.165) is 12.8 Å². The van der Waals surface area contributed by atoms with Crippen LogP contribution in [0.25, 0.3) is 0 Å². The number of rotatable bonds is 17. The van der Waals surface area contributed by atoms with Crippen LogP contribution in [0.3, 0.4) is 0 Å². The molecule has 2 nitrogen and oxygen atoms in total. The lowest BCUT2D eigenvalue weighted by Gasteiger charge is -2.14. The summed E-state index contributed by atoms with van der Waals surface area (Å²) in [6, 6.07) is 0. The Balaban J connectivity index is 3.23. The first-order chi connectivity index (χ1) is 11.1. The Kier molecular flexibility index (Phi) is 16.5. The highest BCUT2D eigenvalue weighted by Gasteiger charge is 2.21. The van der Waals surface area contributed by atoms with Crippen LogP contribution in [0.15, 0.2) is 0 Å². The minimum Gasteiger partial charge on any atom is -0.481 e. The van der Waals surface area contributed by atoms with Gasteiger partial charge in [-0.2, -0.15) is 12.6 Å². The highest BCUT2D eigenvalue weighted by molar-refractivity contribution is 7.81. The van der Waals surface area contributed by atoms with Crippen molar-refractivity contribution in [1.29, 1.82) is 0 Å². The number of hydrogen-bond donors (Lipinski definition) is 2. The third-order valence-electron chi connectivity index (χ3n) is 4.77. The van der Waals surface area contributed by atoms with Crippen molar-refractivity contribution >= 4 is 18.6 Å². The highest BCUT2D eigenvalue weighted by atomic mass is 32.1. The number of thiol groups is 1. The fourth-order valence-corrected chi connectivity index (χ4v) is 3.41. The second-order valence-corrected chi connectivity index (χ2v) is 7.88. The molecule has 0 amide bonds. The Morgan fingerprint density at radius 1 is 0.783 bits per heavy atom. The third kappa shape index (κ3) is 15.1. The van der Waals surface area contributed by atoms with Gasteiger partial charge in [-0.25, -0.2) is 0 Å². The summed E-state index contributed by atoms with van der Waals surface area (Å²) >= 11 is 4.27. The van der Waals surface area contributed by atoms with E-state index in [9.17, 15) is 4.79 Å². The lowest BCUT2D eigenvalue weighted by atomic mass is 9.97. The average Bonchev–Trinajstić information content (AvgIpc) is 2.50. The van der Waals surface area contributed by atoms with Crippen LogP contribution in [-0.4, -0.2) is 16.3 Å². The number of carbonyl (C=O) groups is 1. The van der Waals surface area contributed by atoms with Crippen LogP contribution in [0, 0.1) is 5.92 Å².